The minimum absolute atomic E-state index is 0.0499. The summed E-state index contributed by atoms with van der Waals surface area (Å²) in [6.07, 6.45) is -4.83. The van der Waals surface area contributed by atoms with Crippen LogP contribution < -0.4 is 15.4 Å². The molecule has 16 heteroatoms. The van der Waals surface area contributed by atoms with Crippen LogP contribution in [0.3, 0.4) is 0 Å². The molecule has 2 amide bonds. The summed E-state index contributed by atoms with van der Waals surface area (Å²) in [6, 6.07) is 4.42. The molecule has 2 aromatic heterocycles. The maximum absolute atomic E-state index is 13.9. The summed E-state index contributed by atoms with van der Waals surface area (Å²) >= 11 is 6.16. The van der Waals surface area contributed by atoms with Crippen molar-refractivity contribution in [3.05, 3.63) is 64.1 Å². The molecule has 0 spiro atoms. The van der Waals surface area contributed by atoms with Gasteiger partial charge in [-0.2, -0.15) is 13.2 Å². The van der Waals surface area contributed by atoms with Crippen LogP contribution in [0.4, 0.5) is 26.7 Å². The maximum Gasteiger partial charge on any atom is 0.490 e. The highest BCUT2D eigenvalue weighted by molar-refractivity contribution is 6.30. The van der Waals surface area contributed by atoms with Crippen molar-refractivity contribution >= 4 is 35.2 Å². The van der Waals surface area contributed by atoms with Gasteiger partial charge in [-0.25, -0.2) is 23.4 Å². The lowest BCUT2D eigenvalue weighted by Gasteiger charge is -2.13. The van der Waals surface area contributed by atoms with Crippen molar-refractivity contribution in [2.75, 3.05) is 6.54 Å². The molecule has 1 aromatic carbocycles. The highest BCUT2D eigenvalue weighted by atomic mass is 35.5. The SMILES string of the molecule is Cc1nc2c(OCc3c(F)cccc3F)cc(Cl)cn2c1C(=O)NCC(C)NC(=O)O.O=C(O)C(F)(F)F. The Hall–Kier alpha value is -4.14. The first-order valence-electron chi connectivity index (χ1n) is 10.4. The second-order valence-corrected chi connectivity index (χ2v) is 8.05. The number of aliphatic carboxylic acids is 1. The van der Waals surface area contributed by atoms with E-state index in [-0.39, 0.29) is 34.2 Å². The number of benzene rings is 1. The van der Waals surface area contributed by atoms with Gasteiger partial charge in [0.05, 0.1) is 16.3 Å². The number of carboxylic acid groups (broad SMARTS) is 2. The molecular weight excluding hydrogens is 547 g/mol. The van der Waals surface area contributed by atoms with Crippen LogP contribution in [0.1, 0.15) is 28.7 Å². The maximum atomic E-state index is 13.9. The summed E-state index contributed by atoms with van der Waals surface area (Å²) in [7, 11) is 0. The Morgan fingerprint density at radius 2 is 1.76 bits per heavy atom. The smallest absolute Gasteiger partial charge is 0.485 e. The first-order valence-corrected chi connectivity index (χ1v) is 10.8. The third kappa shape index (κ3) is 7.93. The Balaban J connectivity index is 0.000000638. The van der Waals surface area contributed by atoms with Gasteiger partial charge in [-0.15, -0.1) is 0 Å². The molecule has 0 radical (unpaired) electrons. The number of hydrogen-bond acceptors (Lipinski definition) is 5. The van der Waals surface area contributed by atoms with E-state index in [9.17, 15) is 31.5 Å². The molecule has 206 valence electrons. The number of carbonyl (C=O) groups excluding carboxylic acids is 1. The standard InChI is InChI=1S/C20H19ClF2N4O4.C2HF3O2/c1-10(25-20(29)30)7-24-19(28)17-11(2)26-18-16(6-12(21)8-27(17)18)31-9-13-14(22)4-3-5-15(13)23;3-2(4,5)1(6)7/h3-6,8,10,25H,7,9H2,1-2H3,(H,24,28)(H,29,30);(H,6,7). The predicted octanol–water partition coefficient (Wildman–Crippen LogP) is 4.17. The van der Waals surface area contributed by atoms with Crippen molar-refractivity contribution in [1.29, 1.82) is 0 Å². The molecule has 38 heavy (non-hydrogen) atoms. The van der Waals surface area contributed by atoms with E-state index in [1.807, 2.05) is 0 Å². The number of fused-ring (bicyclic) bond motifs is 1. The summed E-state index contributed by atoms with van der Waals surface area (Å²) in [5.74, 6) is -4.62. The third-order valence-corrected chi connectivity index (χ3v) is 4.86. The van der Waals surface area contributed by atoms with E-state index in [1.54, 1.807) is 13.8 Å². The van der Waals surface area contributed by atoms with Gasteiger partial charge in [-0.1, -0.05) is 17.7 Å². The van der Waals surface area contributed by atoms with Crippen molar-refractivity contribution in [1.82, 2.24) is 20.0 Å². The number of aromatic nitrogens is 2. The van der Waals surface area contributed by atoms with Crippen LogP contribution in [0, 0.1) is 18.6 Å². The summed E-state index contributed by atoms with van der Waals surface area (Å²) in [4.78, 5) is 36.6. The highest BCUT2D eigenvalue weighted by Crippen LogP contribution is 2.28. The Morgan fingerprint density at radius 1 is 1.18 bits per heavy atom. The Bertz CT molecular complexity index is 1330. The number of halogens is 6. The number of hydrogen-bond donors (Lipinski definition) is 4. The second-order valence-electron chi connectivity index (χ2n) is 7.61. The molecule has 0 bridgehead atoms. The van der Waals surface area contributed by atoms with E-state index in [4.69, 9.17) is 31.3 Å². The van der Waals surface area contributed by atoms with Gasteiger partial charge in [-0.3, -0.25) is 9.20 Å². The van der Waals surface area contributed by atoms with Gasteiger partial charge in [0.2, 0.25) is 0 Å². The van der Waals surface area contributed by atoms with E-state index in [0.717, 1.165) is 12.1 Å². The number of nitrogens with zero attached hydrogens (tertiary/aromatic N) is 2. The van der Waals surface area contributed by atoms with Crippen LogP contribution in [0.5, 0.6) is 5.75 Å². The molecule has 0 aliphatic rings. The van der Waals surface area contributed by atoms with Gasteiger partial charge in [0, 0.05) is 24.8 Å². The lowest BCUT2D eigenvalue weighted by Crippen LogP contribution is -2.41. The number of aryl methyl sites for hydroxylation is 1. The number of pyridine rings is 1. The predicted molar refractivity (Wildman–Crippen MR) is 122 cm³/mol. The minimum atomic E-state index is -5.08. The van der Waals surface area contributed by atoms with Crippen molar-refractivity contribution in [2.24, 2.45) is 0 Å². The zero-order valence-corrected chi connectivity index (χ0v) is 20.3. The molecule has 0 aliphatic carbocycles. The van der Waals surface area contributed by atoms with E-state index in [0.29, 0.717) is 5.69 Å². The molecule has 1 unspecified atom stereocenters. The van der Waals surface area contributed by atoms with E-state index < -0.39 is 48.4 Å². The first kappa shape index (κ1) is 30.1. The van der Waals surface area contributed by atoms with Crippen molar-refractivity contribution in [3.8, 4) is 5.75 Å². The van der Waals surface area contributed by atoms with Gasteiger partial charge in [0.15, 0.2) is 11.4 Å². The zero-order chi connectivity index (χ0) is 28.8. The fourth-order valence-corrected chi connectivity index (χ4v) is 3.18. The van der Waals surface area contributed by atoms with Crippen LogP contribution in [0.2, 0.25) is 5.02 Å². The van der Waals surface area contributed by atoms with Crippen molar-refractivity contribution in [2.45, 2.75) is 32.7 Å². The summed E-state index contributed by atoms with van der Waals surface area (Å²) in [6.45, 7) is 2.85. The number of ether oxygens (including phenoxy) is 1. The lowest BCUT2D eigenvalue weighted by molar-refractivity contribution is -0.192. The molecule has 3 rings (SSSR count). The highest BCUT2D eigenvalue weighted by Gasteiger charge is 2.38. The van der Waals surface area contributed by atoms with Gasteiger partial charge < -0.3 is 25.6 Å². The molecule has 10 nitrogen and oxygen atoms in total. The number of imidazole rings is 1. The fourth-order valence-electron chi connectivity index (χ4n) is 2.99. The number of alkyl halides is 3. The molecule has 0 fully saturated rings. The van der Waals surface area contributed by atoms with E-state index in [2.05, 4.69) is 15.6 Å². The molecule has 0 saturated heterocycles. The van der Waals surface area contributed by atoms with Gasteiger partial charge in [-0.05, 0) is 26.0 Å². The molecule has 4 N–H and O–H groups in total. The third-order valence-electron chi connectivity index (χ3n) is 4.66. The number of carbonyl (C=O) groups is 3. The van der Waals surface area contributed by atoms with Crippen molar-refractivity contribution in [3.63, 3.8) is 0 Å². The summed E-state index contributed by atoms with van der Waals surface area (Å²) in [5, 5.41) is 20.9. The van der Waals surface area contributed by atoms with Crippen LogP contribution in [-0.4, -0.2) is 56.3 Å². The van der Waals surface area contributed by atoms with E-state index in [1.165, 1.54) is 22.7 Å². The summed E-state index contributed by atoms with van der Waals surface area (Å²) < 4.78 is 66.5. The quantitative estimate of drug-likeness (QED) is 0.314. The molecule has 2 heterocycles. The van der Waals surface area contributed by atoms with Crippen LogP contribution >= 0.6 is 11.6 Å². The van der Waals surface area contributed by atoms with Crippen LogP contribution in [0.15, 0.2) is 30.5 Å². The summed E-state index contributed by atoms with van der Waals surface area (Å²) in [5.41, 5.74) is 0.518. The van der Waals surface area contributed by atoms with Crippen LogP contribution in [0.25, 0.3) is 5.65 Å². The average molecular weight is 567 g/mol. The Labute approximate surface area is 216 Å². The zero-order valence-electron chi connectivity index (χ0n) is 19.6. The van der Waals surface area contributed by atoms with Gasteiger partial charge >= 0.3 is 18.2 Å². The molecular formula is C22H20ClF5N4O6. The molecule has 0 aliphatic heterocycles. The number of carboxylic acids is 1. The largest absolute Gasteiger partial charge is 0.490 e. The van der Waals surface area contributed by atoms with Crippen LogP contribution in [-0.2, 0) is 11.4 Å². The van der Waals surface area contributed by atoms with Crippen molar-refractivity contribution < 1.29 is 51.3 Å². The minimum Gasteiger partial charge on any atom is -0.485 e. The Morgan fingerprint density at radius 3 is 2.29 bits per heavy atom. The molecule has 3 aromatic rings. The number of nitrogens with one attached hydrogen (secondary N) is 2. The molecule has 0 saturated carbocycles. The monoisotopic (exact) mass is 566 g/mol. The van der Waals surface area contributed by atoms with Gasteiger partial charge in [0.1, 0.15) is 23.9 Å². The average Bonchev–Trinajstić information content (AvgIpc) is 3.12. The lowest BCUT2D eigenvalue weighted by atomic mass is 10.2. The Kier molecular flexibility index (Phi) is 9.82. The number of amides is 2. The number of rotatable bonds is 7. The fraction of sp³-hybridized carbons (Fsp3) is 0.273. The van der Waals surface area contributed by atoms with E-state index >= 15 is 0 Å². The second kappa shape index (κ2) is 12.4. The van der Waals surface area contributed by atoms with Gasteiger partial charge in [0.25, 0.3) is 5.91 Å². The normalized spacial score (nSPS) is 11.8. The topological polar surface area (TPSA) is 142 Å². The molecule has 1 atom stereocenters. The first-order chi connectivity index (χ1) is 17.6.